The first-order valence-electron chi connectivity index (χ1n) is 11.7. The van der Waals surface area contributed by atoms with Gasteiger partial charge in [0.25, 0.3) is 0 Å². The largest absolute Gasteiger partial charge is 0.457 e. The Labute approximate surface area is 216 Å². The number of hydrogen-bond acceptors (Lipinski definition) is 7. The number of rotatable bonds is 11. The number of allylic oxidation sites excluding steroid dienone is 2. The minimum absolute atomic E-state index is 0.0210. The zero-order valence-corrected chi connectivity index (χ0v) is 21.2. The number of hydrogen-bond donors (Lipinski definition) is 3. The highest BCUT2D eigenvalue weighted by atomic mass is 16.5. The molecular formula is C28H31N5O4. The van der Waals surface area contributed by atoms with Gasteiger partial charge < -0.3 is 25.4 Å². The maximum absolute atomic E-state index is 12.3. The predicted molar refractivity (Wildman–Crippen MR) is 145 cm³/mol. The number of nitrogens with one attached hydrogen (secondary N) is 2. The van der Waals surface area contributed by atoms with E-state index in [1.807, 2.05) is 61.5 Å². The molecule has 0 aliphatic rings. The van der Waals surface area contributed by atoms with Crippen molar-refractivity contribution in [3.8, 4) is 17.6 Å². The molecule has 0 saturated carbocycles. The quantitative estimate of drug-likeness (QED) is 0.172. The van der Waals surface area contributed by atoms with Crippen molar-refractivity contribution in [1.82, 2.24) is 4.68 Å². The number of benzene rings is 2. The maximum Gasteiger partial charge on any atom is 0.411 e. The maximum atomic E-state index is 12.3. The van der Waals surface area contributed by atoms with Gasteiger partial charge in [-0.15, -0.1) is 0 Å². The van der Waals surface area contributed by atoms with Crippen LogP contribution in [0.15, 0.2) is 79.0 Å². The van der Waals surface area contributed by atoms with Gasteiger partial charge in [-0.3, -0.25) is 9.99 Å². The normalized spacial score (nSPS) is 12.1. The molecule has 0 saturated heterocycles. The fraction of sp³-hybridized carbons (Fsp3) is 0.214. The van der Waals surface area contributed by atoms with Crippen molar-refractivity contribution < 1.29 is 19.0 Å². The van der Waals surface area contributed by atoms with Crippen LogP contribution in [0, 0.1) is 18.3 Å². The number of methoxy groups -OCH3 is 1. The summed E-state index contributed by atoms with van der Waals surface area (Å²) in [5.74, 6) is 7.65. The number of anilines is 2. The van der Waals surface area contributed by atoms with Gasteiger partial charge in [-0.25, -0.2) is 4.79 Å². The van der Waals surface area contributed by atoms with Crippen molar-refractivity contribution in [3.63, 3.8) is 0 Å². The lowest BCUT2D eigenvalue weighted by atomic mass is 10.1. The SMILES string of the molecule is C=C/C(C#N)=C(/Nc1ccc(Oc2ccccc2)cc1)c1c(C)c(NC(=O)OCCC(C)OC)cn1N. The third-order valence-corrected chi connectivity index (χ3v) is 5.62. The molecule has 0 fully saturated rings. The average molecular weight is 502 g/mol. The second-order valence-electron chi connectivity index (χ2n) is 8.19. The summed E-state index contributed by atoms with van der Waals surface area (Å²) in [4.78, 5) is 12.3. The molecule has 3 aromatic rings. The van der Waals surface area contributed by atoms with Gasteiger partial charge in [0.1, 0.15) is 17.6 Å². The van der Waals surface area contributed by atoms with Crippen molar-refractivity contribution in [1.29, 1.82) is 5.26 Å². The Morgan fingerprint density at radius 3 is 2.46 bits per heavy atom. The number of nitrogens with zero attached hydrogens (tertiary/aromatic N) is 2. The van der Waals surface area contributed by atoms with Crippen LogP contribution < -0.4 is 21.2 Å². The second-order valence-corrected chi connectivity index (χ2v) is 8.19. The van der Waals surface area contributed by atoms with Crippen LogP contribution in [-0.2, 0) is 9.47 Å². The first-order valence-corrected chi connectivity index (χ1v) is 11.7. The van der Waals surface area contributed by atoms with Crippen molar-refractivity contribution in [2.45, 2.75) is 26.4 Å². The average Bonchev–Trinajstić information content (AvgIpc) is 3.17. The first kappa shape index (κ1) is 26.9. The monoisotopic (exact) mass is 501 g/mol. The van der Waals surface area contributed by atoms with Gasteiger partial charge >= 0.3 is 6.09 Å². The number of carbonyl (C=O) groups is 1. The Morgan fingerprint density at radius 1 is 1.16 bits per heavy atom. The summed E-state index contributed by atoms with van der Waals surface area (Å²) < 4.78 is 17.6. The van der Waals surface area contributed by atoms with Crippen molar-refractivity contribution in [2.24, 2.45) is 0 Å². The number of nitrogen functional groups attached to an aromatic ring is 1. The van der Waals surface area contributed by atoms with Crippen molar-refractivity contribution >= 4 is 23.2 Å². The zero-order valence-electron chi connectivity index (χ0n) is 21.2. The summed E-state index contributed by atoms with van der Waals surface area (Å²) in [5, 5.41) is 15.7. The number of ether oxygens (including phenoxy) is 3. The molecule has 1 unspecified atom stereocenters. The lowest BCUT2D eigenvalue weighted by molar-refractivity contribution is 0.0836. The molecule has 0 bridgehead atoms. The number of para-hydroxylation sites is 1. The molecule has 3 rings (SSSR count). The molecule has 1 amide bonds. The minimum atomic E-state index is -0.611. The van der Waals surface area contributed by atoms with Crippen LogP contribution >= 0.6 is 0 Å². The van der Waals surface area contributed by atoms with E-state index >= 15 is 0 Å². The van der Waals surface area contributed by atoms with Gasteiger partial charge in [0, 0.05) is 24.8 Å². The van der Waals surface area contributed by atoms with Gasteiger partial charge in [-0.05, 0) is 56.3 Å². The van der Waals surface area contributed by atoms with Gasteiger partial charge in [-0.2, -0.15) is 5.26 Å². The van der Waals surface area contributed by atoms with E-state index in [2.05, 4.69) is 23.3 Å². The Bertz CT molecular complexity index is 1290. The highest BCUT2D eigenvalue weighted by molar-refractivity contribution is 5.90. The van der Waals surface area contributed by atoms with Crippen molar-refractivity contribution in [2.75, 3.05) is 30.2 Å². The molecule has 1 atom stereocenters. The van der Waals surface area contributed by atoms with E-state index in [-0.39, 0.29) is 18.3 Å². The van der Waals surface area contributed by atoms with E-state index in [1.54, 1.807) is 20.2 Å². The highest BCUT2D eigenvalue weighted by Gasteiger charge is 2.20. The van der Waals surface area contributed by atoms with Gasteiger partial charge in [0.05, 0.1) is 41.6 Å². The summed E-state index contributed by atoms with van der Waals surface area (Å²) in [6, 6.07) is 18.9. The Kier molecular flexibility index (Phi) is 9.35. The molecule has 4 N–H and O–H groups in total. The highest BCUT2D eigenvalue weighted by Crippen LogP contribution is 2.31. The van der Waals surface area contributed by atoms with Crippen LogP contribution in [0.5, 0.6) is 11.5 Å². The van der Waals surface area contributed by atoms with Crippen LogP contribution in [0.4, 0.5) is 16.2 Å². The number of amides is 1. The van der Waals surface area contributed by atoms with Gasteiger partial charge in [0.2, 0.25) is 0 Å². The Balaban J connectivity index is 1.80. The standard InChI is InChI=1S/C28H31N5O4/c1-5-21(17-29)26(31-22-11-13-24(14-12-22)37-23-9-7-6-8-10-23)27-20(3)25(18-33(27)30)32-28(34)36-16-15-19(2)35-4/h5-14,18-19,31H,1,15-16,30H2,2-4H3,(H,32,34)/b26-21-. The van der Waals surface area contributed by atoms with E-state index in [1.165, 1.54) is 10.8 Å². The first-order chi connectivity index (χ1) is 17.9. The third kappa shape index (κ3) is 7.16. The number of aromatic nitrogens is 1. The molecule has 9 heteroatoms. The lowest BCUT2D eigenvalue weighted by Crippen LogP contribution is -2.17. The van der Waals surface area contributed by atoms with Crippen molar-refractivity contribution in [3.05, 3.63) is 90.3 Å². The lowest BCUT2D eigenvalue weighted by Gasteiger charge is -2.15. The predicted octanol–water partition coefficient (Wildman–Crippen LogP) is 5.81. The third-order valence-electron chi connectivity index (χ3n) is 5.62. The number of nitriles is 1. The molecular weight excluding hydrogens is 470 g/mol. The Hall–Kier alpha value is -4.68. The molecule has 1 heterocycles. The fourth-order valence-electron chi connectivity index (χ4n) is 3.48. The summed E-state index contributed by atoms with van der Waals surface area (Å²) in [6.07, 6.45) is 2.94. The van der Waals surface area contributed by atoms with Crippen LogP contribution in [0.1, 0.15) is 24.6 Å². The van der Waals surface area contributed by atoms with E-state index in [0.717, 1.165) is 5.75 Å². The van der Waals surface area contributed by atoms with Crippen LogP contribution in [0.2, 0.25) is 0 Å². The Morgan fingerprint density at radius 2 is 1.84 bits per heavy atom. The van der Waals surface area contributed by atoms with E-state index in [9.17, 15) is 10.1 Å². The summed E-state index contributed by atoms with van der Waals surface area (Å²) in [5.41, 5.74) is 3.02. The molecule has 9 nitrogen and oxygen atoms in total. The molecule has 0 spiro atoms. The summed E-state index contributed by atoms with van der Waals surface area (Å²) >= 11 is 0. The van der Waals surface area contributed by atoms with Gasteiger partial charge in [0.15, 0.2) is 0 Å². The number of nitrogens with two attached hydrogens (primary N) is 1. The zero-order chi connectivity index (χ0) is 26.8. The molecule has 37 heavy (non-hydrogen) atoms. The van der Waals surface area contributed by atoms with Crippen LogP contribution in [-0.4, -0.2) is 30.6 Å². The van der Waals surface area contributed by atoms with Crippen LogP contribution in [0.25, 0.3) is 5.70 Å². The molecule has 0 radical (unpaired) electrons. The van der Waals surface area contributed by atoms with E-state index < -0.39 is 6.09 Å². The van der Waals surface area contributed by atoms with Crippen LogP contribution in [0.3, 0.4) is 0 Å². The molecule has 2 aromatic carbocycles. The molecule has 1 aromatic heterocycles. The topological polar surface area (TPSA) is 124 Å². The van der Waals surface area contributed by atoms with Gasteiger partial charge in [-0.1, -0.05) is 24.8 Å². The van der Waals surface area contributed by atoms with E-state index in [4.69, 9.17) is 20.1 Å². The fourth-order valence-corrected chi connectivity index (χ4v) is 3.48. The smallest absolute Gasteiger partial charge is 0.411 e. The minimum Gasteiger partial charge on any atom is -0.457 e. The molecule has 192 valence electrons. The van der Waals surface area contributed by atoms with E-state index in [0.29, 0.717) is 40.5 Å². The number of carbonyl (C=O) groups excluding carboxylic acids is 1. The summed E-state index contributed by atoms with van der Waals surface area (Å²) in [7, 11) is 1.60. The second kappa shape index (κ2) is 12.9. The molecule has 0 aliphatic heterocycles. The molecule has 0 aliphatic carbocycles. The summed E-state index contributed by atoms with van der Waals surface area (Å²) in [6.45, 7) is 7.65.